The summed E-state index contributed by atoms with van der Waals surface area (Å²) in [6.07, 6.45) is 5.81. The van der Waals surface area contributed by atoms with Crippen LogP contribution in [-0.2, 0) is 7.05 Å². The van der Waals surface area contributed by atoms with Gasteiger partial charge in [-0.25, -0.2) is 4.68 Å². The molecule has 1 aliphatic carbocycles. The fourth-order valence-corrected chi connectivity index (χ4v) is 2.94. The van der Waals surface area contributed by atoms with E-state index >= 15 is 0 Å². The molecular weight excluding hydrogens is 244 g/mol. The topological polar surface area (TPSA) is 73.0 Å². The number of nitro groups is 1. The number of nitrogens with one attached hydrogen (secondary N) is 1. The second kappa shape index (κ2) is 5.59. The number of aryl methyl sites for hydroxylation is 2. The first-order chi connectivity index (χ1) is 9.02. The number of aromatic nitrogens is 2. The summed E-state index contributed by atoms with van der Waals surface area (Å²) in [7, 11) is 1.75. The normalized spacial score (nSPS) is 23.3. The van der Waals surface area contributed by atoms with Crippen molar-refractivity contribution in [3.05, 3.63) is 15.8 Å². The summed E-state index contributed by atoms with van der Waals surface area (Å²) in [6.45, 7) is 3.91. The lowest BCUT2D eigenvalue weighted by Gasteiger charge is -2.28. The molecule has 0 radical (unpaired) electrons. The molecule has 106 valence electrons. The van der Waals surface area contributed by atoms with Crippen LogP contribution in [0.4, 0.5) is 11.5 Å². The molecule has 1 aromatic heterocycles. The molecule has 1 fully saturated rings. The van der Waals surface area contributed by atoms with E-state index in [0.717, 1.165) is 18.8 Å². The predicted molar refractivity (Wildman–Crippen MR) is 74.3 cm³/mol. The number of rotatable bonds is 4. The third-order valence-corrected chi connectivity index (χ3v) is 4.14. The molecule has 0 aliphatic heterocycles. The van der Waals surface area contributed by atoms with Gasteiger partial charge in [0.1, 0.15) is 5.69 Å². The van der Waals surface area contributed by atoms with Crippen LogP contribution in [0.5, 0.6) is 0 Å². The molecule has 2 rings (SSSR count). The lowest BCUT2D eigenvalue weighted by Crippen LogP contribution is -2.27. The first-order valence-electron chi connectivity index (χ1n) is 6.97. The minimum atomic E-state index is -0.345. The van der Waals surface area contributed by atoms with Crippen LogP contribution in [0.25, 0.3) is 0 Å². The zero-order valence-corrected chi connectivity index (χ0v) is 11.8. The Morgan fingerprint density at radius 1 is 1.42 bits per heavy atom. The van der Waals surface area contributed by atoms with Gasteiger partial charge in [-0.3, -0.25) is 10.1 Å². The van der Waals surface area contributed by atoms with Gasteiger partial charge >= 0.3 is 5.69 Å². The van der Waals surface area contributed by atoms with Gasteiger partial charge in [0.2, 0.25) is 5.82 Å². The Morgan fingerprint density at radius 2 is 2.05 bits per heavy atom. The van der Waals surface area contributed by atoms with Gasteiger partial charge in [-0.15, -0.1) is 0 Å². The van der Waals surface area contributed by atoms with E-state index in [4.69, 9.17) is 0 Å². The van der Waals surface area contributed by atoms with E-state index in [0.29, 0.717) is 17.6 Å². The molecule has 0 saturated heterocycles. The minimum absolute atomic E-state index is 0.111. The molecule has 1 aliphatic rings. The van der Waals surface area contributed by atoms with Gasteiger partial charge in [-0.1, -0.05) is 13.3 Å². The van der Waals surface area contributed by atoms with Crippen LogP contribution in [0.15, 0.2) is 0 Å². The molecule has 1 N–H and O–H groups in total. The number of hydrogen-bond acceptors (Lipinski definition) is 4. The van der Waals surface area contributed by atoms with Crippen molar-refractivity contribution in [1.82, 2.24) is 9.78 Å². The standard InChI is InChI=1S/C13H22N4O2/c1-4-10-5-7-11(8-6-10)14-13-12(17(18)19)9(2)15-16(13)3/h10-11,14H,4-8H2,1-3H3. The molecule has 1 saturated carbocycles. The maximum atomic E-state index is 11.1. The third-order valence-electron chi connectivity index (χ3n) is 4.14. The van der Waals surface area contributed by atoms with Crippen molar-refractivity contribution in [1.29, 1.82) is 0 Å². The summed E-state index contributed by atoms with van der Waals surface area (Å²) in [4.78, 5) is 10.8. The Balaban J connectivity index is 2.09. The molecule has 0 spiro atoms. The summed E-state index contributed by atoms with van der Waals surface area (Å²) in [5, 5.41) is 18.6. The number of hydrogen-bond donors (Lipinski definition) is 1. The maximum Gasteiger partial charge on any atom is 0.333 e. The van der Waals surface area contributed by atoms with Gasteiger partial charge in [-0.2, -0.15) is 5.10 Å². The fourth-order valence-electron chi connectivity index (χ4n) is 2.94. The van der Waals surface area contributed by atoms with Crippen molar-refractivity contribution in [2.75, 3.05) is 5.32 Å². The minimum Gasteiger partial charge on any atom is -0.362 e. The smallest absolute Gasteiger partial charge is 0.333 e. The first-order valence-corrected chi connectivity index (χ1v) is 6.97. The van der Waals surface area contributed by atoms with E-state index < -0.39 is 0 Å². The van der Waals surface area contributed by atoms with Crippen LogP contribution in [0.2, 0.25) is 0 Å². The maximum absolute atomic E-state index is 11.1. The molecule has 0 atom stereocenters. The van der Waals surface area contributed by atoms with E-state index in [1.807, 2.05) is 0 Å². The summed E-state index contributed by atoms with van der Waals surface area (Å²) in [5.74, 6) is 1.36. The van der Waals surface area contributed by atoms with Crippen LogP contribution in [-0.4, -0.2) is 20.7 Å². The second-order valence-corrected chi connectivity index (χ2v) is 5.43. The molecular formula is C13H22N4O2. The second-order valence-electron chi connectivity index (χ2n) is 5.43. The summed E-state index contributed by atoms with van der Waals surface area (Å²) < 4.78 is 1.58. The summed E-state index contributed by atoms with van der Waals surface area (Å²) in [5.41, 5.74) is 0.581. The first kappa shape index (κ1) is 13.8. The Morgan fingerprint density at radius 3 is 2.58 bits per heavy atom. The van der Waals surface area contributed by atoms with Gasteiger partial charge < -0.3 is 5.32 Å². The lowest BCUT2D eigenvalue weighted by molar-refractivity contribution is -0.384. The average molecular weight is 266 g/mol. The average Bonchev–Trinajstić information content (AvgIpc) is 2.65. The third kappa shape index (κ3) is 2.88. The van der Waals surface area contributed by atoms with Crippen LogP contribution < -0.4 is 5.32 Å². The van der Waals surface area contributed by atoms with Crippen molar-refractivity contribution < 1.29 is 4.92 Å². The van der Waals surface area contributed by atoms with E-state index in [1.165, 1.54) is 19.3 Å². The van der Waals surface area contributed by atoms with E-state index in [-0.39, 0.29) is 10.6 Å². The zero-order valence-electron chi connectivity index (χ0n) is 11.8. The molecule has 0 bridgehead atoms. The summed E-state index contributed by atoms with van der Waals surface area (Å²) in [6, 6.07) is 0.330. The molecule has 0 unspecified atom stereocenters. The summed E-state index contributed by atoms with van der Waals surface area (Å²) >= 11 is 0. The Bertz CT molecular complexity index is 461. The van der Waals surface area contributed by atoms with Gasteiger partial charge in [0.25, 0.3) is 0 Å². The van der Waals surface area contributed by atoms with Gasteiger partial charge in [0.15, 0.2) is 0 Å². The van der Waals surface area contributed by atoms with Crippen molar-refractivity contribution in [2.45, 2.75) is 52.0 Å². The highest BCUT2D eigenvalue weighted by atomic mass is 16.6. The molecule has 6 heteroatoms. The Hall–Kier alpha value is -1.59. The SMILES string of the molecule is CCC1CCC(Nc2c([N+](=O)[O-])c(C)nn2C)CC1. The van der Waals surface area contributed by atoms with Gasteiger partial charge in [0, 0.05) is 13.1 Å². The number of anilines is 1. The van der Waals surface area contributed by atoms with Gasteiger partial charge in [0.05, 0.1) is 4.92 Å². The van der Waals surface area contributed by atoms with E-state index in [2.05, 4.69) is 17.3 Å². The zero-order chi connectivity index (χ0) is 14.0. The largest absolute Gasteiger partial charge is 0.362 e. The molecule has 19 heavy (non-hydrogen) atoms. The quantitative estimate of drug-likeness (QED) is 0.671. The molecule has 6 nitrogen and oxygen atoms in total. The van der Waals surface area contributed by atoms with Crippen LogP contribution in [0.3, 0.4) is 0 Å². The highest BCUT2D eigenvalue weighted by molar-refractivity contribution is 5.59. The lowest BCUT2D eigenvalue weighted by atomic mass is 9.84. The predicted octanol–water partition coefficient (Wildman–Crippen LogP) is 3.02. The van der Waals surface area contributed by atoms with Crippen molar-refractivity contribution in [2.24, 2.45) is 13.0 Å². The van der Waals surface area contributed by atoms with Crippen molar-refractivity contribution in [3.63, 3.8) is 0 Å². The van der Waals surface area contributed by atoms with E-state index in [1.54, 1.807) is 18.7 Å². The highest BCUT2D eigenvalue weighted by Gasteiger charge is 2.27. The molecule has 1 heterocycles. The molecule has 1 aromatic rings. The van der Waals surface area contributed by atoms with Gasteiger partial charge in [-0.05, 0) is 38.5 Å². The fraction of sp³-hybridized carbons (Fsp3) is 0.769. The monoisotopic (exact) mass is 266 g/mol. The Labute approximate surface area is 113 Å². The van der Waals surface area contributed by atoms with Crippen LogP contribution >= 0.6 is 0 Å². The molecule has 0 amide bonds. The highest BCUT2D eigenvalue weighted by Crippen LogP contribution is 2.32. The Kier molecular flexibility index (Phi) is 4.07. The number of nitrogens with zero attached hydrogens (tertiary/aromatic N) is 3. The van der Waals surface area contributed by atoms with Crippen LogP contribution in [0.1, 0.15) is 44.7 Å². The van der Waals surface area contributed by atoms with Crippen molar-refractivity contribution in [3.8, 4) is 0 Å². The van der Waals surface area contributed by atoms with Crippen LogP contribution in [0, 0.1) is 23.0 Å². The van der Waals surface area contributed by atoms with E-state index in [9.17, 15) is 10.1 Å². The van der Waals surface area contributed by atoms with Crippen molar-refractivity contribution >= 4 is 11.5 Å². The molecule has 0 aromatic carbocycles.